The monoisotopic (exact) mass is 451 g/mol. The maximum atomic E-state index is 13.3. The average molecular weight is 452 g/mol. The maximum Gasteiger partial charge on any atom is 0.433 e. The Kier molecular flexibility index (Phi) is 6.99. The molecule has 0 spiro atoms. The fourth-order valence-corrected chi connectivity index (χ4v) is 3.46. The number of nitrogens with zero attached hydrogens (tertiary/aromatic N) is 2. The Morgan fingerprint density at radius 2 is 1.77 bits per heavy atom. The number of hydrogen-bond acceptors (Lipinski definition) is 4. The average Bonchev–Trinajstić information content (AvgIpc) is 2.73. The van der Waals surface area contributed by atoms with E-state index >= 15 is 0 Å². The number of nitrogens with one attached hydrogen (secondary N) is 1. The van der Waals surface area contributed by atoms with Gasteiger partial charge in [0.25, 0.3) is 0 Å². The van der Waals surface area contributed by atoms with Crippen LogP contribution in [0.25, 0.3) is 11.3 Å². The van der Waals surface area contributed by atoms with Gasteiger partial charge in [-0.15, -0.1) is 0 Å². The summed E-state index contributed by atoms with van der Waals surface area (Å²) in [7, 11) is 0. The predicted molar refractivity (Wildman–Crippen MR) is 111 cm³/mol. The van der Waals surface area contributed by atoms with Crippen LogP contribution in [0, 0.1) is 0 Å². The molecule has 0 bridgehead atoms. The van der Waals surface area contributed by atoms with Crippen molar-refractivity contribution in [2.75, 3.05) is 0 Å². The Bertz CT molecular complexity index is 1010. The molecule has 0 aliphatic heterocycles. The van der Waals surface area contributed by atoms with Crippen LogP contribution < -0.4 is 5.32 Å². The van der Waals surface area contributed by atoms with E-state index in [9.17, 15) is 18.0 Å². The molecule has 1 aromatic heterocycles. The number of alkyl halides is 3. The van der Waals surface area contributed by atoms with Gasteiger partial charge in [0.1, 0.15) is 5.69 Å². The van der Waals surface area contributed by atoms with Crippen LogP contribution in [0.1, 0.15) is 18.2 Å². The zero-order valence-electron chi connectivity index (χ0n) is 15.8. The summed E-state index contributed by atoms with van der Waals surface area (Å²) in [6.45, 7) is 1.87. The van der Waals surface area contributed by atoms with Crippen LogP contribution >= 0.6 is 23.4 Å². The Labute approximate surface area is 180 Å². The lowest BCUT2D eigenvalue weighted by atomic mass is 10.1. The summed E-state index contributed by atoms with van der Waals surface area (Å²) in [5.41, 5.74) is 0.487. The number of aromatic nitrogens is 2. The van der Waals surface area contributed by atoms with Crippen molar-refractivity contribution in [1.29, 1.82) is 0 Å². The second-order valence-corrected chi connectivity index (χ2v) is 8.13. The highest BCUT2D eigenvalue weighted by molar-refractivity contribution is 8.00. The van der Waals surface area contributed by atoms with Crippen LogP contribution in [0.3, 0.4) is 0 Å². The standard InChI is InChI=1S/C21H17ClF3N3OS/c1-13(19(29)26-12-14-7-9-16(22)10-8-14)30-20-27-17(15-5-3-2-4-6-15)11-18(28-20)21(23,24)25/h2-11,13H,12H2,1H3,(H,26,29). The Morgan fingerprint density at radius 1 is 1.10 bits per heavy atom. The van der Waals surface area contributed by atoms with E-state index in [0.717, 1.165) is 23.4 Å². The van der Waals surface area contributed by atoms with Crippen molar-refractivity contribution in [3.8, 4) is 11.3 Å². The summed E-state index contributed by atoms with van der Waals surface area (Å²) in [5.74, 6) is -0.336. The predicted octanol–water partition coefficient (Wildman–Crippen LogP) is 5.61. The van der Waals surface area contributed by atoms with Gasteiger partial charge in [0.15, 0.2) is 5.16 Å². The first kappa shape index (κ1) is 22.1. The summed E-state index contributed by atoms with van der Waals surface area (Å²) in [4.78, 5) is 20.2. The lowest BCUT2D eigenvalue weighted by Gasteiger charge is -2.14. The first-order valence-electron chi connectivity index (χ1n) is 8.93. The molecule has 0 radical (unpaired) electrons. The number of rotatable bonds is 6. The van der Waals surface area contributed by atoms with E-state index < -0.39 is 17.1 Å². The molecule has 1 heterocycles. The second kappa shape index (κ2) is 9.49. The van der Waals surface area contributed by atoms with E-state index in [-0.39, 0.29) is 23.3 Å². The number of carbonyl (C=O) groups is 1. The van der Waals surface area contributed by atoms with E-state index in [1.54, 1.807) is 61.5 Å². The topological polar surface area (TPSA) is 54.9 Å². The third-order valence-electron chi connectivity index (χ3n) is 4.10. The largest absolute Gasteiger partial charge is 0.433 e. The van der Waals surface area contributed by atoms with Crippen LogP contribution in [0.4, 0.5) is 13.2 Å². The number of hydrogen-bond donors (Lipinski definition) is 1. The highest BCUT2D eigenvalue weighted by Crippen LogP contribution is 2.32. The number of thioether (sulfide) groups is 1. The smallest absolute Gasteiger partial charge is 0.351 e. The molecule has 0 aliphatic carbocycles. The number of amides is 1. The highest BCUT2D eigenvalue weighted by Gasteiger charge is 2.34. The Balaban J connectivity index is 1.75. The lowest BCUT2D eigenvalue weighted by Crippen LogP contribution is -2.30. The van der Waals surface area contributed by atoms with Crippen molar-refractivity contribution < 1.29 is 18.0 Å². The molecule has 0 aliphatic rings. The van der Waals surface area contributed by atoms with Crippen molar-refractivity contribution in [2.24, 2.45) is 0 Å². The Morgan fingerprint density at radius 3 is 2.40 bits per heavy atom. The van der Waals surface area contributed by atoms with Gasteiger partial charge in [0.05, 0.1) is 10.9 Å². The molecule has 2 aromatic carbocycles. The normalized spacial score (nSPS) is 12.4. The van der Waals surface area contributed by atoms with Crippen molar-refractivity contribution in [1.82, 2.24) is 15.3 Å². The van der Waals surface area contributed by atoms with E-state index in [4.69, 9.17) is 11.6 Å². The van der Waals surface area contributed by atoms with Gasteiger partial charge >= 0.3 is 6.18 Å². The molecular weight excluding hydrogens is 435 g/mol. The van der Waals surface area contributed by atoms with Crippen LogP contribution in [-0.4, -0.2) is 21.1 Å². The summed E-state index contributed by atoms with van der Waals surface area (Å²) in [6, 6.07) is 16.4. The van der Waals surface area contributed by atoms with Crippen molar-refractivity contribution in [3.05, 3.63) is 76.9 Å². The molecule has 1 atom stereocenters. The van der Waals surface area contributed by atoms with E-state index in [1.165, 1.54) is 0 Å². The van der Waals surface area contributed by atoms with Gasteiger partial charge in [0.2, 0.25) is 5.91 Å². The molecule has 4 nitrogen and oxygen atoms in total. The van der Waals surface area contributed by atoms with Gasteiger partial charge in [-0.05, 0) is 30.7 Å². The zero-order valence-corrected chi connectivity index (χ0v) is 17.4. The second-order valence-electron chi connectivity index (χ2n) is 6.39. The molecule has 1 amide bonds. The minimum atomic E-state index is -4.62. The van der Waals surface area contributed by atoms with Gasteiger partial charge in [0, 0.05) is 17.1 Å². The molecule has 0 saturated carbocycles. The van der Waals surface area contributed by atoms with Crippen LogP contribution in [0.5, 0.6) is 0 Å². The summed E-state index contributed by atoms with van der Waals surface area (Å²) >= 11 is 6.71. The summed E-state index contributed by atoms with van der Waals surface area (Å²) in [5, 5.41) is 2.53. The first-order chi connectivity index (χ1) is 14.2. The zero-order chi connectivity index (χ0) is 21.7. The molecule has 30 heavy (non-hydrogen) atoms. The van der Waals surface area contributed by atoms with E-state index in [0.29, 0.717) is 10.6 Å². The van der Waals surface area contributed by atoms with Crippen LogP contribution in [-0.2, 0) is 17.5 Å². The van der Waals surface area contributed by atoms with Gasteiger partial charge in [-0.25, -0.2) is 9.97 Å². The third-order valence-corrected chi connectivity index (χ3v) is 5.31. The molecule has 156 valence electrons. The minimum Gasteiger partial charge on any atom is -0.351 e. The molecule has 9 heteroatoms. The number of carbonyl (C=O) groups excluding carboxylic acids is 1. The van der Waals surface area contributed by atoms with Gasteiger partial charge in [-0.2, -0.15) is 13.2 Å². The molecule has 0 fully saturated rings. The minimum absolute atomic E-state index is 0.113. The van der Waals surface area contributed by atoms with Crippen molar-refractivity contribution >= 4 is 29.3 Å². The third kappa shape index (κ3) is 5.96. The molecule has 0 saturated heterocycles. The van der Waals surface area contributed by atoms with Crippen molar-refractivity contribution in [2.45, 2.75) is 30.1 Å². The quantitative estimate of drug-likeness (QED) is 0.391. The van der Waals surface area contributed by atoms with Gasteiger partial charge in [-0.3, -0.25) is 4.79 Å². The van der Waals surface area contributed by atoms with Gasteiger partial charge in [-0.1, -0.05) is 65.8 Å². The fourth-order valence-electron chi connectivity index (χ4n) is 2.53. The highest BCUT2D eigenvalue weighted by atomic mass is 35.5. The maximum absolute atomic E-state index is 13.3. The lowest BCUT2D eigenvalue weighted by molar-refractivity contribution is -0.141. The van der Waals surface area contributed by atoms with Crippen LogP contribution in [0.2, 0.25) is 5.02 Å². The Hall–Kier alpha value is -2.58. The molecular formula is C21H17ClF3N3OS. The van der Waals surface area contributed by atoms with Crippen molar-refractivity contribution in [3.63, 3.8) is 0 Å². The molecule has 1 N–H and O–H groups in total. The number of halogens is 4. The summed E-state index contributed by atoms with van der Waals surface area (Å²) < 4.78 is 39.9. The first-order valence-corrected chi connectivity index (χ1v) is 10.2. The molecule has 3 aromatic rings. The number of benzene rings is 2. The van der Waals surface area contributed by atoms with Gasteiger partial charge < -0.3 is 5.32 Å². The molecule has 1 unspecified atom stereocenters. The summed E-state index contributed by atoms with van der Waals surface area (Å²) in [6.07, 6.45) is -4.62. The SMILES string of the molecule is CC(Sc1nc(-c2ccccc2)cc(C(F)(F)F)n1)C(=O)NCc1ccc(Cl)cc1. The van der Waals surface area contributed by atoms with Crippen LogP contribution in [0.15, 0.2) is 65.8 Å². The molecule has 3 rings (SSSR count). The fraction of sp³-hybridized carbons (Fsp3) is 0.190. The van der Waals surface area contributed by atoms with E-state index in [2.05, 4.69) is 15.3 Å². The van der Waals surface area contributed by atoms with E-state index in [1.807, 2.05) is 0 Å².